The van der Waals surface area contributed by atoms with E-state index in [0.717, 1.165) is 47.2 Å². The molecular weight excluding hydrogens is 494 g/mol. The number of rotatable bonds is 4. The second kappa shape index (κ2) is 11.9. The zero-order chi connectivity index (χ0) is 28.0. The maximum Gasteiger partial charge on any atom is 0.337 e. The number of esters is 1. The molecule has 1 fully saturated rings. The van der Waals surface area contributed by atoms with E-state index in [9.17, 15) is 14.4 Å². The van der Waals surface area contributed by atoms with E-state index in [1.165, 1.54) is 7.11 Å². The number of carboxylic acid groups (broad SMARTS) is 1. The van der Waals surface area contributed by atoms with Gasteiger partial charge in [0.25, 0.3) is 5.91 Å². The number of carboxylic acids is 1. The maximum absolute atomic E-state index is 12.9. The molecule has 1 amide bonds. The van der Waals surface area contributed by atoms with Crippen molar-refractivity contribution in [2.75, 3.05) is 18.6 Å². The largest absolute Gasteiger partial charge is 0.478 e. The van der Waals surface area contributed by atoms with E-state index in [4.69, 9.17) is 21.3 Å². The number of hydrogen-bond donors (Lipinski definition) is 4. The van der Waals surface area contributed by atoms with E-state index in [0.29, 0.717) is 29.8 Å². The standard InChI is InChI=1S/C20H24N2O3.C11H9NO2/c1-25-19(24)20(10-6-2-3-7-11-20)22-18(23)16-12-14-8-4-5-9-15(14)13-17(16)21;12-10-6-8-4-2-1-3-7(8)5-9(10)11(13)14/h4-5,8-9,12-13H,2-3,6-7,10-11,21H2,1H3,(H,22,23);1-6H,12H2,(H,13,14). The van der Waals surface area contributed by atoms with Crippen LogP contribution in [0.5, 0.6) is 0 Å². The monoisotopic (exact) mass is 527 g/mol. The van der Waals surface area contributed by atoms with Crippen LogP contribution < -0.4 is 16.8 Å². The second-order valence-electron chi connectivity index (χ2n) is 9.82. The minimum absolute atomic E-state index is 0.156. The fraction of sp³-hybridized carbons (Fsp3) is 0.258. The summed E-state index contributed by atoms with van der Waals surface area (Å²) in [6.45, 7) is 0. The van der Waals surface area contributed by atoms with E-state index in [-0.39, 0.29) is 17.4 Å². The van der Waals surface area contributed by atoms with Gasteiger partial charge in [-0.1, -0.05) is 74.2 Å². The lowest BCUT2D eigenvalue weighted by atomic mass is 9.89. The predicted molar refractivity (Wildman–Crippen MR) is 154 cm³/mol. The number of fused-ring (bicyclic) bond motifs is 2. The molecule has 0 aliphatic heterocycles. The van der Waals surface area contributed by atoms with E-state index in [1.807, 2.05) is 48.5 Å². The Kier molecular flexibility index (Phi) is 8.34. The fourth-order valence-corrected chi connectivity index (χ4v) is 5.09. The lowest BCUT2D eigenvalue weighted by Gasteiger charge is -2.31. The van der Waals surface area contributed by atoms with Crippen molar-refractivity contribution in [1.29, 1.82) is 0 Å². The number of benzene rings is 4. The normalized spacial score (nSPS) is 14.5. The first-order chi connectivity index (χ1) is 18.7. The van der Waals surface area contributed by atoms with Crippen LogP contribution in [0.4, 0.5) is 11.4 Å². The molecule has 0 heterocycles. The van der Waals surface area contributed by atoms with Crippen molar-refractivity contribution in [2.45, 2.75) is 44.1 Å². The van der Waals surface area contributed by atoms with Crippen LogP contribution in [0.15, 0.2) is 72.8 Å². The Bertz CT molecular complexity index is 1520. The highest BCUT2D eigenvalue weighted by atomic mass is 16.5. The summed E-state index contributed by atoms with van der Waals surface area (Å²) in [5, 5.41) is 15.6. The number of ether oxygens (including phenoxy) is 1. The van der Waals surface area contributed by atoms with Gasteiger partial charge in [0, 0.05) is 11.4 Å². The van der Waals surface area contributed by atoms with Crippen LogP contribution in [0, 0.1) is 0 Å². The highest BCUT2D eigenvalue weighted by molar-refractivity contribution is 6.05. The smallest absolute Gasteiger partial charge is 0.337 e. The summed E-state index contributed by atoms with van der Waals surface area (Å²) in [6.07, 6.45) is 5.10. The van der Waals surface area contributed by atoms with Gasteiger partial charge in [0.15, 0.2) is 0 Å². The lowest BCUT2D eigenvalue weighted by Crippen LogP contribution is -2.54. The summed E-state index contributed by atoms with van der Waals surface area (Å²) in [6, 6.07) is 22.1. The van der Waals surface area contributed by atoms with Crippen molar-refractivity contribution in [1.82, 2.24) is 5.32 Å². The molecule has 0 atom stereocenters. The maximum atomic E-state index is 12.9. The average Bonchev–Trinajstić information content (AvgIpc) is 3.18. The molecule has 6 N–H and O–H groups in total. The number of nitrogens with one attached hydrogen (secondary N) is 1. The third-order valence-corrected chi connectivity index (χ3v) is 7.20. The molecule has 4 aromatic carbocycles. The molecule has 39 heavy (non-hydrogen) atoms. The van der Waals surface area contributed by atoms with E-state index < -0.39 is 11.5 Å². The van der Waals surface area contributed by atoms with Crippen LogP contribution in [0.2, 0.25) is 0 Å². The molecule has 0 saturated heterocycles. The molecule has 8 heteroatoms. The number of carbonyl (C=O) groups is 3. The van der Waals surface area contributed by atoms with Gasteiger partial charge in [-0.15, -0.1) is 0 Å². The van der Waals surface area contributed by atoms with E-state index >= 15 is 0 Å². The number of nitrogens with two attached hydrogens (primary N) is 2. The number of amides is 1. The quantitative estimate of drug-likeness (QED) is 0.155. The van der Waals surface area contributed by atoms with Gasteiger partial charge in [0.05, 0.1) is 18.2 Å². The van der Waals surface area contributed by atoms with E-state index in [2.05, 4.69) is 5.32 Å². The Balaban J connectivity index is 0.000000212. The van der Waals surface area contributed by atoms with Crippen molar-refractivity contribution in [2.24, 2.45) is 0 Å². The van der Waals surface area contributed by atoms with Gasteiger partial charge in [0.2, 0.25) is 0 Å². The van der Waals surface area contributed by atoms with Gasteiger partial charge in [-0.25, -0.2) is 9.59 Å². The van der Waals surface area contributed by atoms with E-state index in [1.54, 1.807) is 24.3 Å². The molecule has 8 nitrogen and oxygen atoms in total. The molecular formula is C31H33N3O5. The summed E-state index contributed by atoms with van der Waals surface area (Å²) in [5.41, 5.74) is 12.0. The summed E-state index contributed by atoms with van der Waals surface area (Å²) in [7, 11) is 1.37. The Hall–Kier alpha value is -4.59. The van der Waals surface area contributed by atoms with Crippen molar-refractivity contribution >= 4 is 50.8 Å². The van der Waals surface area contributed by atoms with Gasteiger partial charge in [-0.05, 0) is 58.7 Å². The first kappa shape index (κ1) is 27.4. The zero-order valence-electron chi connectivity index (χ0n) is 21.9. The molecule has 202 valence electrons. The van der Waals surface area contributed by atoms with Gasteiger partial charge in [-0.3, -0.25) is 4.79 Å². The first-order valence-electron chi connectivity index (χ1n) is 12.9. The third kappa shape index (κ3) is 6.12. The summed E-state index contributed by atoms with van der Waals surface area (Å²) in [5.74, 6) is -1.69. The number of hydrogen-bond acceptors (Lipinski definition) is 6. The molecule has 1 aliphatic carbocycles. The van der Waals surface area contributed by atoms with Gasteiger partial charge in [-0.2, -0.15) is 0 Å². The van der Waals surface area contributed by atoms with Gasteiger partial charge >= 0.3 is 11.9 Å². The minimum Gasteiger partial charge on any atom is -0.478 e. The van der Waals surface area contributed by atoms with Crippen LogP contribution >= 0.6 is 0 Å². The SMILES string of the molecule is COC(=O)C1(NC(=O)c2cc3ccccc3cc2N)CCCCCC1.Nc1cc2ccccc2cc1C(=O)O. The van der Waals surface area contributed by atoms with Crippen molar-refractivity contribution in [3.8, 4) is 0 Å². The summed E-state index contributed by atoms with van der Waals surface area (Å²) < 4.78 is 5.00. The molecule has 0 bridgehead atoms. The Labute approximate surface area is 226 Å². The average molecular weight is 528 g/mol. The minimum atomic E-state index is -0.992. The number of aromatic carboxylic acids is 1. The highest BCUT2D eigenvalue weighted by Gasteiger charge is 2.41. The predicted octanol–water partition coefficient (Wildman–Crippen LogP) is 5.54. The molecule has 0 unspecified atom stereocenters. The molecule has 1 saturated carbocycles. The van der Waals surface area contributed by atoms with Gasteiger partial charge < -0.3 is 26.6 Å². The van der Waals surface area contributed by atoms with Crippen LogP contribution in [0.3, 0.4) is 0 Å². The molecule has 0 radical (unpaired) electrons. The van der Waals surface area contributed by atoms with Gasteiger partial charge in [0.1, 0.15) is 5.54 Å². The Morgan fingerprint density at radius 2 is 1.18 bits per heavy atom. The Morgan fingerprint density at radius 3 is 1.64 bits per heavy atom. The topological polar surface area (TPSA) is 145 Å². The number of anilines is 2. The Morgan fingerprint density at radius 1 is 0.744 bits per heavy atom. The lowest BCUT2D eigenvalue weighted by molar-refractivity contribution is -0.148. The van der Waals surface area contributed by atoms with Crippen LogP contribution in [-0.2, 0) is 9.53 Å². The van der Waals surface area contributed by atoms with Crippen molar-refractivity contribution < 1.29 is 24.2 Å². The molecule has 5 rings (SSSR count). The number of methoxy groups -OCH3 is 1. The van der Waals surface area contributed by atoms with Crippen LogP contribution in [0.1, 0.15) is 59.2 Å². The fourth-order valence-electron chi connectivity index (χ4n) is 5.09. The van der Waals surface area contributed by atoms with Crippen molar-refractivity contribution in [3.63, 3.8) is 0 Å². The summed E-state index contributed by atoms with van der Waals surface area (Å²) >= 11 is 0. The van der Waals surface area contributed by atoms with Crippen molar-refractivity contribution in [3.05, 3.63) is 83.9 Å². The second-order valence-corrected chi connectivity index (χ2v) is 9.82. The molecule has 0 aromatic heterocycles. The number of carbonyl (C=O) groups excluding carboxylic acids is 2. The van der Waals surface area contributed by atoms with Crippen LogP contribution in [-0.4, -0.2) is 35.6 Å². The first-order valence-corrected chi connectivity index (χ1v) is 12.9. The molecule has 0 spiro atoms. The molecule has 1 aliphatic rings. The molecule has 4 aromatic rings. The van der Waals surface area contributed by atoms with Crippen LogP contribution in [0.25, 0.3) is 21.5 Å². The summed E-state index contributed by atoms with van der Waals surface area (Å²) in [4.78, 5) is 36.1. The number of nitrogen functional groups attached to an aromatic ring is 2. The third-order valence-electron chi connectivity index (χ3n) is 7.20. The zero-order valence-corrected chi connectivity index (χ0v) is 21.9. The highest BCUT2D eigenvalue weighted by Crippen LogP contribution is 2.30.